The molecule has 0 spiro atoms. The van der Waals surface area contributed by atoms with E-state index in [-0.39, 0.29) is 46.6 Å². The van der Waals surface area contributed by atoms with E-state index in [2.05, 4.69) is 166 Å². The number of aryl methyl sites for hydroxylation is 10. The van der Waals surface area contributed by atoms with Gasteiger partial charge in [-0.3, -0.25) is 9.80 Å². The maximum atomic E-state index is 7.50. The monoisotopic (exact) mass is 1250 g/mol. The van der Waals surface area contributed by atoms with Crippen LogP contribution in [0.25, 0.3) is 0 Å². The molecule has 0 saturated carbocycles. The van der Waals surface area contributed by atoms with Crippen LogP contribution in [0.15, 0.2) is 75.4 Å². The number of fused-ring (bicyclic) bond motifs is 21. The molecule has 3 heterocycles. The van der Waals surface area contributed by atoms with Crippen LogP contribution in [0.3, 0.4) is 0 Å². The van der Waals surface area contributed by atoms with Crippen molar-refractivity contribution in [2.75, 3.05) is 119 Å². The first-order chi connectivity index (χ1) is 32.4. The van der Waals surface area contributed by atoms with Gasteiger partial charge in [-0.2, -0.15) is 18.2 Å². The van der Waals surface area contributed by atoms with Gasteiger partial charge >= 0.3 is 259 Å². The molecular weight excluding hydrogens is 1170 g/mol. The molecule has 0 aliphatic carbocycles. The van der Waals surface area contributed by atoms with Gasteiger partial charge in [0, 0.05) is 56.3 Å². The van der Waals surface area contributed by atoms with E-state index in [1.165, 1.54) is 70.3 Å². The summed E-state index contributed by atoms with van der Waals surface area (Å²) >= 11 is -2.29. The molecule has 376 valence electrons. The van der Waals surface area contributed by atoms with Gasteiger partial charge in [0.15, 0.2) is 0 Å². The van der Waals surface area contributed by atoms with Gasteiger partial charge in [0.1, 0.15) is 0 Å². The minimum atomic E-state index is -2.29. The van der Waals surface area contributed by atoms with Crippen molar-refractivity contribution in [1.82, 2.24) is 9.80 Å². The smallest absolute Gasteiger partial charge is 0 e. The second-order valence-electron chi connectivity index (χ2n) is 16.6. The molecule has 16 heteroatoms. The third-order valence-electron chi connectivity index (χ3n) is 10.6. The molecular formula is C53H76MnN2NaO8PbS3. The molecule has 0 atom stereocenters. The molecule has 2 bridgehead atoms. The largest absolute Gasteiger partial charge is 1.00 e. The molecule has 0 N–H and O–H groups in total. The number of nitrogens with zero attached hydrogens (tertiary/aromatic N) is 2. The minimum absolute atomic E-state index is 0. The fourth-order valence-electron chi connectivity index (χ4n) is 7.56. The van der Waals surface area contributed by atoms with Gasteiger partial charge in [0.25, 0.3) is 0 Å². The van der Waals surface area contributed by atoms with Gasteiger partial charge in [-0.15, -0.1) is 0 Å². The second kappa shape index (κ2) is 41.9. The third kappa shape index (κ3) is 29.4. The van der Waals surface area contributed by atoms with E-state index < -0.39 is 18.2 Å². The first-order valence-electron chi connectivity index (χ1n) is 23.0. The van der Waals surface area contributed by atoms with Crippen molar-refractivity contribution >= 4 is 43.1 Å². The summed E-state index contributed by atoms with van der Waals surface area (Å²) in [5.74, 6) is 0. The molecule has 69 heavy (non-hydrogen) atoms. The van der Waals surface area contributed by atoms with E-state index >= 15 is 0 Å². The molecule has 7 rings (SSSR count). The van der Waals surface area contributed by atoms with Crippen LogP contribution in [-0.4, -0.2) is 147 Å². The molecule has 3 fully saturated rings. The van der Waals surface area contributed by atoms with Gasteiger partial charge in [-0.1, -0.05) is 6.92 Å². The molecule has 0 amide bonds. The molecule has 3 aliphatic heterocycles. The molecule has 4 aromatic carbocycles. The number of hydrogen-bond donors (Lipinski definition) is 0. The van der Waals surface area contributed by atoms with Crippen molar-refractivity contribution in [3.05, 3.63) is 130 Å². The summed E-state index contributed by atoms with van der Waals surface area (Å²) in [4.78, 5) is 9.16. The zero-order valence-corrected chi connectivity index (χ0v) is 52.8. The van der Waals surface area contributed by atoms with Crippen molar-refractivity contribution in [2.24, 2.45) is 0 Å². The summed E-state index contributed by atoms with van der Waals surface area (Å²) in [6.07, 6.45) is 0. The fourth-order valence-corrected chi connectivity index (χ4v) is 44.5. The topological polar surface area (TPSA) is 102 Å². The predicted molar refractivity (Wildman–Crippen MR) is 278 cm³/mol. The summed E-state index contributed by atoms with van der Waals surface area (Å²) in [5, 5.41) is 0. The van der Waals surface area contributed by atoms with E-state index in [1.807, 2.05) is 12.1 Å². The minimum Gasteiger partial charge on any atom is 0 e. The second-order valence-corrected chi connectivity index (χ2v) is 45.0. The summed E-state index contributed by atoms with van der Waals surface area (Å²) < 4.78 is 49.2. The Morgan fingerprint density at radius 1 is 0.420 bits per heavy atom. The number of benzene rings is 3. The van der Waals surface area contributed by atoms with Crippen LogP contribution in [0.4, 0.5) is 0 Å². The van der Waals surface area contributed by atoms with Crippen LogP contribution in [0.1, 0.15) is 55.6 Å². The van der Waals surface area contributed by atoms with Crippen molar-refractivity contribution in [3.63, 3.8) is 0 Å². The van der Waals surface area contributed by atoms with E-state index in [0.29, 0.717) is 79.3 Å². The first kappa shape index (κ1) is 68.7. The van der Waals surface area contributed by atoms with Crippen LogP contribution in [-0.2, 0) is 54.8 Å². The zero-order chi connectivity index (χ0) is 49.4. The number of rotatable bonds is 6. The summed E-state index contributed by atoms with van der Waals surface area (Å²) in [7, 11) is 6.67. The van der Waals surface area contributed by atoms with Crippen LogP contribution >= 0.6 is 24.9 Å². The molecule has 4 aromatic rings. The maximum absolute atomic E-state index is 7.50. The Kier molecular flexibility index (Phi) is 41.7. The van der Waals surface area contributed by atoms with Gasteiger partial charge in [0.05, 0.1) is 79.3 Å². The van der Waals surface area contributed by atoms with Gasteiger partial charge in [-0.25, -0.2) is 11.6 Å². The Bertz CT molecular complexity index is 1720. The normalized spacial score (nSPS) is 17.4. The zero-order valence-electron chi connectivity index (χ0n) is 43.3. The molecule has 3 aliphatic rings. The van der Waals surface area contributed by atoms with E-state index in [1.54, 1.807) is 0 Å². The van der Waals surface area contributed by atoms with Crippen molar-refractivity contribution in [3.8, 4) is 0 Å². The van der Waals surface area contributed by atoms with E-state index in [4.69, 9.17) is 37.7 Å². The number of hydrogen-bond acceptors (Lipinski definition) is 11. The van der Waals surface area contributed by atoms with E-state index in [0.717, 1.165) is 39.3 Å². The summed E-state index contributed by atoms with van der Waals surface area (Å²) in [6.45, 7) is 44.6. The summed E-state index contributed by atoms with van der Waals surface area (Å²) in [6, 6.07) is 22.3. The standard InChI is InChI=1S/C18H36N2O6.3C9H12S.C6H7.2CO.Mn.Na.Pb/c1-7-21-13-14-24-10-4-20-5-11-25-17-15-22-8-2-19(1)3-9-23-16-18-26-12-6-20;3*1-6-4-7(2)9(10)8(3)5-6;1-6-4-2-3-5-6;2*1-2;;;/h1-18H2;3*4-5,10H,1-3H3;2-5H,1H3;;;;;/q;;;;-1;;;;+1;+3/p-3. The average Bonchev–Trinajstić information content (AvgIpc) is 3.78. The molecule has 2 radical (unpaired) electrons. The van der Waals surface area contributed by atoms with Crippen molar-refractivity contribution in [1.29, 1.82) is 0 Å². The van der Waals surface area contributed by atoms with E-state index in [9.17, 15) is 0 Å². The van der Waals surface area contributed by atoms with Crippen LogP contribution < -0.4 is 29.6 Å². The Balaban J connectivity index is 0.00000110. The van der Waals surface area contributed by atoms with Crippen molar-refractivity contribution in [2.45, 2.75) is 83.9 Å². The average molecular weight is 1250 g/mol. The van der Waals surface area contributed by atoms with Gasteiger partial charge < -0.3 is 28.4 Å². The Morgan fingerprint density at radius 2 is 0.652 bits per heavy atom. The fraction of sp³-hybridized carbons (Fsp3) is 0.528. The van der Waals surface area contributed by atoms with Crippen LogP contribution in [0, 0.1) is 82.5 Å². The Morgan fingerprint density at radius 3 is 0.826 bits per heavy atom. The predicted octanol–water partition coefficient (Wildman–Crippen LogP) is 7.48. The first-order valence-corrected chi connectivity index (χ1v) is 39.8. The summed E-state index contributed by atoms with van der Waals surface area (Å²) in [5.41, 5.74) is 14.0. The number of ether oxygens (including phenoxy) is 6. The Labute approximate surface area is 464 Å². The van der Waals surface area contributed by atoms with Crippen LogP contribution in [0.2, 0.25) is 0 Å². The maximum Gasteiger partial charge on any atom is 1.00 e. The van der Waals surface area contributed by atoms with Gasteiger partial charge in [0.2, 0.25) is 0 Å². The molecule has 0 unspecified atom stereocenters. The third-order valence-corrected chi connectivity index (χ3v) is 39.8. The Hall–Kier alpha value is -0.338. The molecule has 0 aromatic heterocycles. The quantitative estimate of drug-likeness (QED) is 0.109. The van der Waals surface area contributed by atoms with Crippen LogP contribution in [0.5, 0.6) is 0 Å². The van der Waals surface area contributed by atoms with Gasteiger partial charge in [-0.05, 0) is 0 Å². The molecule has 3 saturated heterocycles. The SMILES string of the molecule is C1COCCN2CCOCCOCCN(CCO1)CCOCCOCC2.Cc1cc(C)c([S][Pb]([S]c2c(C)cc(C)cc2C)[S]c2c(C)cc(C)cc2C)c(C)c1.Cc1cc[cH-]c1.[C-]#[O+].[C-]#[O+].[Mn].[Na+]. The molecule has 10 nitrogen and oxygen atoms in total. The van der Waals surface area contributed by atoms with Crippen molar-refractivity contribution < 1.29 is 84.4 Å².